The molecule has 100 valence electrons. The van der Waals surface area contributed by atoms with Crippen molar-refractivity contribution in [2.24, 2.45) is 0 Å². The summed E-state index contributed by atoms with van der Waals surface area (Å²) in [6, 6.07) is 4.72. The molecule has 0 fully saturated rings. The van der Waals surface area contributed by atoms with Gasteiger partial charge in [-0.25, -0.2) is 0 Å². The molecule has 3 nitrogen and oxygen atoms in total. The highest BCUT2D eigenvalue weighted by Crippen LogP contribution is 2.42. The van der Waals surface area contributed by atoms with Gasteiger partial charge in [-0.1, -0.05) is 13.8 Å². The summed E-state index contributed by atoms with van der Waals surface area (Å²) in [6.07, 6.45) is 2.41. The molecule has 2 rings (SSSR count). The quantitative estimate of drug-likeness (QED) is 0.888. The Hall–Kier alpha value is -1.22. The summed E-state index contributed by atoms with van der Waals surface area (Å²) in [6.45, 7) is 5.43. The molecule has 18 heavy (non-hydrogen) atoms. The largest absolute Gasteiger partial charge is 0.493 e. The van der Waals surface area contributed by atoms with Crippen molar-refractivity contribution in [1.29, 1.82) is 0 Å². The molecule has 0 radical (unpaired) electrons. The molecule has 1 aliphatic rings. The topological polar surface area (TPSA) is 30.5 Å². The molecule has 0 aromatic heterocycles. The highest BCUT2D eigenvalue weighted by Gasteiger charge is 2.26. The zero-order valence-electron chi connectivity index (χ0n) is 11.7. The van der Waals surface area contributed by atoms with E-state index in [0.29, 0.717) is 12.0 Å². The lowest BCUT2D eigenvalue weighted by molar-refractivity contribution is 0.350. The van der Waals surface area contributed by atoms with Crippen molar-refractivity contribution in [3.8, 4) is 11.5 Å². The van der Waals surface area contributed by atoms with Gasteiger partial charge in [-0.2, -0.15) is 0 Å². The van der Waals surface area contributed by atoms with Gasteiger partial charge >= 0.3 is 0 Å². The number of nitrogens with one attached hydrogen (secondary N) is 1. The van der Waals surface area contributed by atoms with E-state index in [0.717, 1.165) is 18.0 Å². The molecule has 2 unspecified atom stereocenters. The Morgan fingerprint density at radius 1 is 1.11 bits per heavy atom. The van der Waals surface area contributed by atoms with Crippen molar-refractivity contribution < 1.29 is 9.47 Å². The number of rotatable bonds is 4. The van der Waals surface area contributed by atoms with Crippen molar-refractivity contribution in [3.05, 3.63) is 23.3 Å². The SMILES string of the molecule is CCNC1CCC(C)c2cc(OC)c(OC)cc21. The molecule has 0 saturated carbocycles. The van der Waals surface area contributed by atoms with Crippen LogP contribution in [0.2, 0.25) is 0 Å². The standard InChI is InChI=1S/C15H23NO2/c1-5-16-13-7-6-10(2)11-8-14(17-3)15(18-4)9-12(11)13/h8-10,13,16H,5-7H2,1-4H3. The summed E-state index contributed by atoms with van der Waals surface area (Å²) in [5.41, 5.74) is 2.76. The lowest BCUT2D eigenvalue weighted by Gasteiger charge is -2.31. The van der Waals surface area contributed by atoms with Crippen LogP contribution in [0, 0.1) is 0 Å². The third kappa shape index (κ3) is 2.32. The molecule has 0 spiro atoms. The third-order valence-electron chi connectivity index (χ3n) is 3.83. The van der Waals surface area contributed by atoms with Crippen LogP contribution in [-0.2, 0) is 0 Å². The molecule has 0 amide bonds. The minimum absolute atomic E-state index is 0.445. The Morgan fingerprint density at radius 2 is 1.72 bits per heavy atom. The second-order valence-corrected chi connectivity index (χ2v) is 4.92. The molecular weight excluding hydrogens is 226 g/mol. The summed E-state index contributed by atoms with van der Waals surface area (Å²) in [5, 5.41) is 3.55. The molecule has 0 saturated heterocycles. The van der Waals surface area contributed by atoms with E-state index in [4.69, 9.17) is 9.47 Å². The van der Waals surface area contributed by atoms with Crippen LogP contribution in [0.1, 0.15) is 49.8 Å². The number of benzene rings is 1. The number of ether oxygens (including phenoxy) is 2. The summed E-state index contributed by atoms with van der Waals surface area (Å²) >= 11 is 0. The molecule has 1 N–H and O–H groups in total. The van der Waals surface area contributed by atoms with E-state index in [-0.39, 0.29) is 0 Å². The molecule has 0 bridgehead atoms. The van der Waals surface area contributed by atoms with Gasteiger partial charge in [-0.3, -0.25) is 0 Å². The molecule has 0 aliphatic heterocycles. The zero-order chi connectivity index (χ0) is 13.1. The lowest BCUT2D eigenvalue weighted by Crippen LogP contribution is -2.26. The van der Waals surface area contributed by atoms with Gasteiger partial charge in [0.1, 0.15) is 0 Å². The minimum atomic E-state index is 0.445. The molecule has 1 aliphatic carbocycles. The van der Waals surface area contributed by atoms with Crippen LogP contribution >= 0.6 is 0 Å². The fourth-order valence-corrected chi connectivity index (χ4v) is 2.83. The Balaban J connectivity index is 2.46. The number of hydrogen-bond donors (Lipinski definition) is 1. The lowest BCUT2D eigenvalue weighted by atomic mass is 9.80. The second kappa shape index (κ2) is 5.61. The Bertz CT molecular complexity index is 417. The monoisotopic (exact) mass is 249 g/mol. The van der Waals surface area contributed by atoms with Gasteiger partial charge in [0.25, 0.3) is 0 Å². The van der Waals surface area contributed by atoms with Crippen LogP contribution in [0.3, 0.4) is 0 Å². The molecule has 3 heteroatoms. The summed E-state index contributed by atoms with van der Waals surface area (Å²) in [4.78, 5) is 0. The predicted octanol–water partition coefficient (Wildman–Crippen LogP) is 3.25. The van der Waals surface area contributed by atoms with Gasteiger partial charge in [-0.15, -0.1) is 0 Å². The van der Waals surface area contributed by atoms with Gasteiger partial charge in [0.15, 0.2) is 11.5 Å². The maximum atomic E-state index is 5.41. The first kappa shape index (κ1) is 13.2. The van der Waals surface area contributed by atoms with E-state index in [1.54, 1.807) is 14.2 Å². The van der Waals surface area contributed by atoms with Crippen molar-refractivity contribution in [2.45, 2.75) is 38.6 Å². The summed E-state index contributed by atoms with van der Waals surface area (Å²) < 4.78 is 10.8. The van der Waals surface area contributed by atoms with E-state index in [2.05, 4.69) is 31.3 Å². The maximum Gasteiger partial charge on any atom is 0.161 e. The van der Waals surface area contributed by atoms with E-state index >= 15 is 0 Å². The smallest absolute Gasteiger partial charge is 0.161 e. The van der Waals surface area contributed by atoms with Crippen molar-refractivity contribution >= 4 is 0 Å². The van der Waals surface area contributed by atoms with Crippen LogP contribution in [0.15, 0.2) is 12.1 Å². The minimum Gasteiger partial charge on any atom is -0.493 e. The second-order valence-electron chi connectivity index (χ2n) is 4.92. The maximum absolute atomic E-state index is 5.41. The first-order valence-corrected chi connectivity index (χ1v) is 6.70. The normalized spacial score (nSPS) is 22.4. The van der Waals surface area contributed by atoms with E-state index < -0.39 is 0 Å². The van der Waals surface area contributed by atoms with Crippen molar-refractivity contribution in [1.82, 2.24) is 5.32 Å². The van der Waals surface area contributed by atoms with Gasteiger partial charge < -0.3 is 14.8 Å². The van der Waals surface area contributed by atoms with Gasteiger partial charge in [0, 0.05) is 6.04 Å². The number of methoxy groups -OCH3 is 2. The Labute approximate surface area is 109 Å². The fraction of sp³-hybridized carbons (Fsp3) is 0.600. The molecule has 1 aromatic rings. The van der Waals surface area contributed by atoms with Crippen LogP contribution in [0.25, 0.3) is 0 Å². The van der Waals surface area contributed by atoms with Gasteiger partial charge in [-0.05, 0) is 48.6 Å². The van der Waals surface area contributed by atoms with E-state index in [1.165, 1.54) is 24.0 Å². The van der Waals surface area contributed by atoms with Crippen LogP contribution in [0.4, 0.5) is 0 Å². The predicted molar refractivity (Wildman–Crippen MR) is 73.6 cm³/mol. The molecule has 1 aromatic carbocycles. The van der Waals surface area contributed by atoms with Gasteiger partial charge in [0.2, 0.25) is 0 Å². The fourth-order valence-electron chi connectivity index (χ4n) is 2.83. The van der Waals surface area contributed by atoms with E-state index in [9.17, 15) is 0 Å². The number of fused-ring (bicyclic) bond motifs is 1. The van der Waals surface area contributed by atoms with Crippen molar-refractivity contribution in [2.75, 3.05) is 20.8 Å². The van der Waals surface area contributed by atoms with E-state index in [1.807, 2.05) is 0 Å². The van der Waals surface area contributed by atoms with Gasteiger partial charge in [0.05, 0.1) is 14.2 Å². The molecular formula is C15H23NO2. The third-order valence-corrected chi connectivity index (χ3v) is 3.83. The summed E-state index contributed by atoms with van der Waals surface area (Å²) in [7, 11) is 3.39. The Kier molecular flexibility index (Phi) is 4.12. The van der Waals surface area contributed by atoms with Crippen LogP contribution in [0.5, 0.6) is 11.5 Å². The highest BCUT2D eigenvalue weighted by atomic mass is 16.5. The highest BCUT2D eigenvalue weighted by molar-refractivity contribution is 5.50. The Morgan fingerprint density at radius 3 is 2.28 bits per heavy atom. The first-order chi connectivity index (χ1) is 8.71. The average molecular weight is 249 g/mol. The molecule has 0 heterocycles. The average Bonchev–Trinajstić information content (AvgIpc) is 2.41. The zero-order valence-corrected chi connectivity index (χ0v) is 11.7. The van der Waals surface area contributed by atoms with Crippen LogP contribution < -0.4 is 14.8 Å². The number of hydrogen-bond acceptors (Lipinski definition) is 3. The molecule has 2 atom stereocenters. The van der Waals surface area contributed by atoms with Crippen LogP contribution in [-0.4, -0.2) is 20.8 Å². The summed E-state index contributed by atoms with van der Waals surface area (Å²) in [5.74, 6) is 2.25. The van der Waals surface area contributed by atoms with Crippen molar-refractivity contribution in [3.63, 3.8) is 0 Å². The first-order valence-electron chi connectivity index (χ1n) is 6.70.